The average molecular weight is 485 g/mol. The summed E-state index contributed by atoms with van der Waals surface area (Å²) in [7, 11) is 0. The van der Waals surface area contributed by atoms with Gasteiger partial charge in [-0.15, -0.1) is 0 Å². The first-order valence-corrected chi connectivity index (χ1v) is 10.7. The molecule has 1 aromatic carbocycles. The molecule has 4 rings (SSSR count). The quantitative estimate of drug-likeness (QED) is 0.675. The van der Waals surface area contributed by atoms with Crippen LogP contribution in [0.15, 0.2) is 41.2 Å². The zero-order valence-electron chi connectivity index (χ0n) is 18.3. The smallest absolute Gasteiger partial charge is 0.396 e. The number of aliphatic hydroxyl groups excluding tert-OH is 1. The number of alkyl halides is 3. The van der Waals surface area contributed by atoms with E-state index in [-0.39, 0.29) is 30.5 Å². The van der Waals surface area contributed by atoms with E-state index in [1.54, 1.807) is 21.9 Å². The van der Waals surface area contributed by atoms with E-state index in [4.69, 9.17) is 4.74 Å². The second kappa shape index (κ2) is 11.8. The lowest BCUT2D eigenvalue weighted by Crippen LogP contribution is -2.56. The summed E-state index contributed by atoms with van der Waals surface area (Å²) < 4.78 is 43.5. The van der Waals surface area contributed by atoms with Crippen LogP contribution in [0.4, 0.5) is 18.0 Å². The molecule has 2 saturated heterocycles. The molecular formula is C21H26F3N5O5. The van der Waals surface area contributed by atoms with Gasteiger partial charge in [-0.1, -0.05) is 23.4 Å². The molecule has 3 amide bonds. The molecule has 2 fully saturated rings. The predicted molar refractivity (Wildman–Crippen MR) is 112 cm³/mol. The highest BCUT2D eigenvalue weighted by molar-refractivity contribution is 5.94. The fourth-order valence-corrected chi connectivity index (χ4v) is 3.61. The summed E-state index contributed by atoms with van der Waals surface area (Å²) >= 11 is 0. The molecule has 1 unspecified atom stereocenters. The molecule has 13 heteroatoms. The van der Waals surface area contributed by atoms with Crippen LogP contribution in [-0.2, 0) is 10.9 Å². The Morgan fingerprint density at radius 1 is 1.21 bits per heavy atom. The SMILES string of the molecule is FC(F)(F)c1ncno1.O=C(NC[C@H]1COCCN1C(=O)N1CCC(CO)C1)c1ccccc1. The number of benzene rings is 1. The molecule has 2 N–H and O–H groups in total. The van der Waals surface area contributed by atoms with Gasteiger partial charge in [0.2, 0.25) is 0 Å². The van der Waals surface area contributed by atoms with Crippen LogP contribution in [0.1, 0.15) is 22.7 Å². The van der Waals surface area contributed by atoms with Crippen molar-refractivity contribution in [2.24, 2.45) is 5.92 Å². The Kier molecular flexibility index (Phi) is 8.82. The van der Waals surface area contributed by atoms with Crippen LogP contribution in [0.25, 0.3) is 0 Å². The molecule has 2 aliphatic heterocycles. The Morgan fingerprint density at radius 3 is 2.56 bits per heavy atom. The van der Waals surface area contributed by atoms with Gasteiger partial charge in [-0.05, 0) is 18.6 Å². The van der Waals surface area contributed by atoms with Gasteiger partial charge < -0.3 is 29.5 Å². The summed E-state index contributed by atoms with van der Waals surface area (Å²) in [6.07, 6.45) is -2.98. The van der Waals surface area contributed by atoms with Crippen LogP contribution < -0.4 is 5.32 Å². The Bertz CT molecular complexity index is 913. The molecule has 0 spiro atoms. The lowest BCUT2D eigenvalue weighted by atomic mass is 10.1. The number of ether oxygens (including phenoxy) is 1. The largest absolute Gasteiger partial charge is 0.471 e. The number of carbonyl (C=O) groups is 2. The number of urea groups is 1. The Labute approximate surface area is 193 Å². The molecule has 2 aliphatic rings. The molecule has 34 heavy (non-hydrogen) atoms. The van der Waals surface area contributed by atoms with E-state index in [0.29, 0.717) is 51.3 Å². The van der Waals surface area contributed by atoms with Gasteiger partial charge in [0.05, 0.1) is 19.3 Å². The topological polar surface area (TPSA) is 121 Å². The van der Waals surface area contributed by atoms with Gasteiger partial charge >= 0.3 is 18.1 Å². The Morgan fingerprint density at radius 2 is 1.97 bits per heavy atom. The molecular weight excluding hydrogens is 459 g/mol. The van der Waals surface area contributed by atoms with E-state index in [9.17, 15) is 27.9 Å². The van der Waals surface area contributed by atoms with Gasteiger partial charge in [0.25, 0.3) is 5.91 Å². The molecule has 2 aromatic rings. The van der Waals surface area contributed by atoms with Crippen molar-refractivity contribution in [2.45, 2.75) is 18.6 Å². The second-order valence-corrected chi connectivity index (χ2v) is 7.81. The first-order chi connectivity index (χ1) is 16.3. The number of halogens is 3. The predicted octanol–water partition coefficient (Wildman–Crippen LogP) is 1.64. The van der Waals surface area contributed by atoms with Crippen molar-refractivity contribution in [1.82, 2.24) is 25.3 Å². The molecule has 0 radical (unpaired) electrons. The molecule has 1 aromatic heterocycles. The van der Waals surface area contributed by atoms with Crippen molar-refractivity contribution in [3.8, 4) is 0 Å². The Hall–Kier alpha value is -3.19. The number of aromatic nitrogens is 2. The minimum atomic E-state index is -4.52. The fraction of sp³-hybridized carbons (Fsp3) is 0.524. The maximum atomic E-state index is 12.8. The monoisotopic (exact) mass is 485 g/mol. The standard InChI is InChI=1S/C18H25N3O4.C3HF3N2O/c22-12-14-6-7-20(11-14)18(24)21-8-9-25-13-16(21)10-19-17(23)15-4-2-1-3-5-15;4-3(5,6)2-7-1-8-9-2/h1-5,14,16,22H,6-13H2,(H,19,23);1H/t14?,16-;/m0./s1. The van der Waals surface area contributed by atoms with Gasteiger partial charge in [0.1, 0.15) is 0 Å². The second-order valence-electron chi connectivity index (χ2n) is 7.81. The molecule has 0 aliphatic carbocycles. The third-order valence-electron chi connectivity index (χ3n) is 5.43. The maximum absolute atomic E-state index is 12.8. The van der Waals surface area contributed by atoms with Crippen molar-refractivity contribution < 1.29 is 37.1 Å². The molecule has 2 atom stereocenters. The van der Waals surface area contributed by atoms with E-state index >= 15 is 0 Å². The van der Waals surface area contributed by atoms with Crippen molar-refractivity contribution in [1.29, 1.82) is 0 Å². The first-order valence-electron chi connectivity index (χ1n) is 10.7. The summed E-state index contributed by atoms with van der Waals surface area (Å²) in [4.78, 5) is 31.4. The molecule has 0 bridgehead atoms. The molecule has 3 heterocycles. The Balaban J connectivity index is 0.000000302. The zero-order valence-corrected chi connectivity index (χ0v) is 18.3. The number of hydrogen-bond acceptors (Lipinski definition) is 7. The van der Waals surface area contributed by atoms with E-state index < -0.39 is 12.1 Å². The number of nitrogens with zero attached hydrogens (tertiary/aromatic N) is 4. The van der Waals surface area contributed by atoms with Gasteiger partial charge in [-0.25, -0.2) is 4.79 Å². The van der Waals surface area contributed by atoms with Crippen molar-refractivity contribution in [3.05, 3.63) is 48.1 Å². The summed E-state index contributed by atoms with van der Waals surface area (Å²) in [5.41, 5.74) is 0.599. The first kappa shape index (κ1) is 25.4. The third-order valence-corrected chi connectivity index (χ3v) is 5.43. The number of morpholine rings is 1. The zero-order chi connectivity index (χ0) is 24.6. The normalized spacial score (nSPS) is 20.5. The van der Waals surface area contributed by atoms with Gasteiger partial charge in [0, 0.05) is 44.3 Å². The van der Waals surface area contributed by atoms with Crippen LogP contribution >= 0.6 is 0 Å². The molecule has 10 nitrogen and oxygen atoms in total. The van der Waals surface area contributed by atoms with Crippen molar-refractivity contribution in [2.75, 3.05) is 46.0 Å². The number of aliphatic hydroxyl groups is 1. The maximum Gasteiger partial charge on any atom is 0.471 e. The molecule has 186 valence electrons. The van der Waals surface area contributed by atoms with E-state index in [0.717, 1.165) is 6.42 Å². The summed E-state index contributed by atoms with van der Waals surface area (Å²) in [6.45, 7) is 3.18. The van der Waals surface area contributed by atoms with Crippen LogP contribution in [0.3, 0.4) is 0 Å². The summed E-state index contributed by atoms with van der Waals surface area (Å²) in [5.74, 6) is -1.30. The van der Waals surface area contributed by atoms with Crippen LogP contribution in [0.2, 0.25) is 0 Å². The van der Waals surface area contributed by atoms with Gasteiger partial charge in [-0.2, -0.15) is 18.2 Å². The summed E-state index contributed by atoms with van der Waals surface area (Å²) in [6, 6.07) is 8.81. The van der Waals surface area contributed by atoms with Gasteiger partial charge in [0.15, 0.2) is 6.33 Å². The number of likely N-dealkylation sites (tertiary alicyclic amines) is 1. The fourth-order valence-electron chi connectivity index (χ4n) is 3.61. The van der Waals surface area contributed by atoms with Gasteiger partial charge in [-0.3, -0.25) is 4.79 Å². The van der Waals surface area contributed by atoms with Crippen LogP contribution in [0, 0.1) is 5.92 Å². The van der Waals surface area contributed by atoms with Crippen molar-refractivity contribution in [3.63, 3.8) is 0 Å². The minimum absolute atomic E-state index is 0.0294. The number of hydrogen-bond donors (Lipinski definition) is 2. The average Bonchev–Trinajstić information content (AvgIpc) is 3.56. The highest BCUT2D eigenvalue weighted by Crippen LogP contribution is 2.26. The van der Waals surface area contributed by atoms with Crippen molar-refractivity contribution >= 4 is 11.9 Å². The highest BCUT2D eigenvalue weighted by Gasteiger charge is 2.37. The van der Waals surface area contributed by atoms with E-state index in [1.165, 1.54) is 0 Å². The summed E-state index contributed by atoms with van der Waals surface area (Å²) in [5, 5.41) is 14.9. The number of amides is 3. The lowest BCUT2D eigenvalue weighted by Gasteiger charge is -2.38. The molecule has 0 saturated carbocycles. The number of carbonyl (C=O) groups excluding carboxylic acids is 2. The third kappa shape index (κ3) is 6.90. The number of nitrogens with one attached hydrogen (secondary N) is 1. The van der Waals surface area contributed by atoms with E-state index in [1.807, 2.05) is 18.2 Å². The van der Waals surface area contributed by atoms with Crippen LogP contribution in [0.5, 0.6) is 0 Å². The van der Waals surface area contributed by atoms with Crippen LogP contribution in [-0.4, -0.2) is 89.0 Å². The lowest BCUT2D eigenvalue weighted by molar-refractivity contribution is -0.159. The minimum Gasteiger partial charge on any atom is -0.396 e. The number of rotatable bonds is 4. The highest BCUT2D eigenvalue weighted by atomic mass is 19.4. The van der Waals surface area contributed by atoms with E-state index in [2.05, 4.69) is 20.0 Å².